The van der Waals surface area contributed by atoms with Crippen molar-refractivity contribution in [2.45, 2.75) is 19.4 Å². The van der Waals surface area contributed by atoms with Gasteiger partial charge in [-0.25, -0.2) is 9.48 Å². The Balaban J connectivity index is 2.52. The third-order valence-electron chi connectivity index (χ3n) is 2.51. The minimum absolute atomic E-state index is 0.0709. The number of carbonyl (C=O) groups excluding carboxylic acids is 2. The normalized spacial score (nSPS) is 11.9. The molecule has 1 N–H and O–H groups in total. The Kier molecular flexibility index (Phi) is 5.94. The molecule has 0 fully saturated rings. The van der Waals surface area contributed by atoms with Crippen molar-refractivity contribution in [3.8, 4) is 0 Å². The first kappa shape index (κ1) is 15.1. The molecule has 0 saturated carbocycles. The molecule has 8 heteroatoms. The summed E-state index contributed by atoms with van der Waals surface area (Å²) >= 11 is 0. The molecule has 0 saturated heterocycles. The molecular formula is C11H18N4O4. The van der Waals surface area contributed by atoms with Crippen molar-refractivity contribution in [1.82, 2.24) is 20.3 Å². The third kappa shape index (κ3) is 4.32. The Morgan fingerprint density at radius 2 is 2.21 bits per heavy atom. The van der Waals surface area contributed by atoms with E-state index in [1.165, 1.54) is 18.0 Å². The van der Waals surface area contributed by atoms with Crippen LogP contribution in [0, 0.1) is 0 Å². The van der Waals surface area contributed by atoms with E-state index in [9.17, 15) is 9.59 Å². The molecule has 0 aliphatic carbocycles. The Labute approximate surface area is 111 Å². The highest BCUT2D eigenvalue weighted by atomic mass is 16.5. The number of amides is 1. The molecule has 1 rings (SSSR count). The summed E-state index contributed by atoms with van der Waals surface area (Å²) in [7, 11) is 2.86. The summed E-state index contributed by atoms with van der Waals surface area (Å²) in [4.78, 5) is 23.0. The van der Waals surface area contributed by atoms with Gasteiger partial charge in [-0.3, -0.25) is 4.79 Å². The predicted octanol–water partition coefficient (Wildman–Crippen LogP) is -0.222. The van der Waals surface area contributed by atoms with E-state index >= 15 is 0 Å². The van der Waals surface area contributed by atoms with Crippen LogP contribution in [0.4, 0.5) is 0 Å². The van der Waals surface area contributed by atoms with E-state index in [1.54, 1.807) is 14.0 Å². The number of nitrogens with zero attached hydrogens (tertiary/aromatic N) is 3. The number of carbonyl (C=O) groups is 2. The maximum Gasteiger partial charge on any atom is 0.360 e. The van der Waals surface area contributed by atoms with E-state index < -0.39 is 12.0 Å². The van der Waals surface area contributed by atoms with Crippen LogP contribution in [0.15, 0.2) is 6.20 Å². The molecule has 8 nitrogen and oxygen atoms in total. The maximum absolute atomic E-state index is 11.8. The highest BCUT2D eigenvalue weighted by Gasteiger charge is 2.18. The monoisotopic (exact) mass is 270 g/mol. The molecule has 1 unspecified atom stereocenters. The van der Waals surface area contributed by atoms with Crippen LogP contribution in [0.5, 0.6) is 0 Å². The summed E-state index contributed by atoms with van der Waals surface area (Å²) in [5.74, 6) is -0.781. The number of hydrogen-bond donors (Lipinski definition) is 1. The fourth-order valence-corrected chi connectivity index (χ4v) is 1.36. The molecule has 1 amide bonds. The summed E-state index contributed by atoms with van der Waals surface area (Å²) in [5, 5.41) is 10.1. The van der Waals surface area contributed by atoms with Gasteiger partial charge in [0.05, 0.1) is 13.3 Å². The number of hydrogen-bond acceptors (Lipinski definition) is 6. The number of nitrogens with one attached hydrogen (secondary N) is 1. The Hall–Kier alpha value is -1.96. The average Bonchev–Trinajstić information content (AvgIpc) is 2.91. The van der Waals surface area contributed by atoms with Crippen LogP contribution in [-0.2, 0) is 14.3 Å². The van der Waals surface area contributed by atoms with E-state index in [4.69, 9.17) is 4.74 Å². The Morgan fingerprint density at radius 1 is 1.47 bits per heavy atom. The van der Waals surface area contributed by atoms with Crippen LogP contribution in [0.25, 0.3) is 0 Å². The minimum Gasteiger partial charge on any atom is -0.464 e. The molecule has 0 aromatic carbocycles. The SMILES string of the molecule is COCCCNC(=O)C(C)n1cc(C(=O)OC)nn1. The Bertz CT molecular complexity index is 432. The molecule has 1 atom stereocenters. The lowest BCUT2D eigenvalue weighted by Crippen LogP contribution is -2.32. The van der Waals surface area contributed by atoms with Gasteiger partial charge in [-0.15, -0.1) is 5.10 Å². The van der Waals surface area contributed by atoms with E-state index in [1.807, 2.05) is 0 Å². The van der Waals surface area contributed by atoms with Gasteiger partial charge >= 0.3 is 5.97 Å². The van der Waals surface area contributed by atoms with E-state index in [0.29, 0.717) is 13.2 Å². The first-order valence-corrected chi connectivity index (χ1v) is 5.87. The molecule has 1 heterocycles. The highest BCUT2D eigenvalue weighted by molar-refractivity contribution is 5.86. The zero-order chi connectivity index (χ0) is 14.3. The van der Waals surface area contributed by atoms with Crippen molar-refractivity contribution in [1.29, 1.82) is 0 Å². The van der Waals surface area contributed by atoms with Crippen molar-refractivity contribution in [2.24, 2.45) is 0 Å². The smallest absolute Gasteiger partial charge is 0.360 e. The number of esters is 1. The minimum atomic E-state index is -0.584. The third-order valence-corrected chi connectivity index (χ3v) is 2.51. The van der Waals surface area contributed by atoms with E-state index in [2.05, 4.69) is 20.4 Å². The van der Waals surface area contributed by atoms with E-state index in [0.717, 1.165) is 6.42 Å². The zero-order valence-electron chi connectivity index (χ0n) is 11.3. The molecule has 0 spiro atoms. The molecule has 0 aliphatic rings. The van der Waals surface area contributed by atoms with Gasteiger partial charge in [0, 0.05) is 20.3 Å². The molecule has 0 bridgehead atoms. The molecule has 106 valence electrons. The zero-order valence-corrected chi connectivity index (χ0v) is 11.3. The fraction of sp³-hybridized carbons (Fsp3) is 0.636. The van der Waals surface area contributed by atoms with Crippen molar-refractivity contribution in [3.63, 3.8) is 0 Å². The second kappa shape index (κ2) is 7.47. The van der Waals surface area contributed by atoms with Gasteiger partial charge in [0.15, 0.2) is 5.69 Å². The topological polar surface area (TPSA) is 95.3 Å². The quantitative estimate of drug-likeness (QED) is 0.543. The number of aromatic nitrogens is 3. The van der Waals surface area contributed by atoms with Crippen LogP contribution in [0.1, 0.15) is 29.9 Å². The molecule has 0 radical (unpaired) electrons. The van der Waals surface area contributed by atoms with Crippen molar-refractivity contribution < 1.29 is 19.1 Å². The predicted molar refractivity (Wildman–Crippen MR) is 65.6 cm³/mol. The second-order valence-electron chi connectivity index (χ2n) is 3.89. The largest absolute Gasteiger partial charge is 0.464 e. The average molecular weight is 270 g/mol. The lowest BCUT2D eigenvalue weighted by molar-refractivity contribution is -0.124. The summed E-state index contributed by atoms with van der Waals surface area (Å²) in [6, 6.07) is -0.548. The molecule has 1 aromatic rings. The molecule has 19 heavy (non-hydrogen) atoms. The Morgan fingerprint density at radius 3 is 2.84 bits per heavy atom. The lowest BCUT2D eigenvalue weighted by atomic mass is 10.3. The van der Waals surface area contributed by atoms with Gasteiger partial charge in [0.1, 0.15) is 6.04 Å². The van der Waals surface area contributed by atoms with Crippen LogP contribution in [-0.4, -0.2) is 54.2 Å². The van der Waals surface area contributed by atoms with Gasteiger partial charge in [-0.1, -0.05) is 5.21 Å². The van der Waals surface area contributed by atoms with Gasteiger partial charge in [-0.05, 0) is 13.3 Å². The number of rotatable bonds is 7. The van der Waals surface area contributed by atoms with Crippen LogP contribution >= 0.6 is 0 Å². The van der Waals surface area contributed by atoms with Gasteiger partial charge in [-0.2, -0.15) is 0 Å². The van der Waals surface area contributed by atoms with Crippen molar-refractivity contribution in [2.75, 3.05) is 27.4 Å². The van der Waals surface area contributed by atoms with Gasteiger partial charge in [0.2, 0.25) is 5.91 Å². The summed E-state index contributed by atoms with van der Waals surface area (Å²) < 4.78 is 10.7. The maximum atomic E-state index is 11.8. The van der Waals surface area contributed by atoms with Crippen molar-refractivity contribution >= 4 is 11.9 Å². The van der Waals surface area contributed by atoms with Crippen LogP contribution < -0.4 is 5.32 Å². The van der Waals surface area contributed by atoms with Crippen LogP contribution in [0.3, 0.4) is 0 Å². The lowest BCUT2D eigenvalue weighted by Gasteiger charge is -2.11. The highest BCUT2D eigenvalue weighted by Crippen LogP contribution is 2.05. The summed E-state index contributed by atoms with van der Waals surface area (Å²) in [6.07, 6.45) is 2.12. The van der Waals surface area contributed by atoms with Crippen LogP contribution in [0.2, 0.25) is 0 Å². The standard InChI is InChI=1S/C11H18N4O4/c1-8(10(16)12-5-4-6-18-2)15-7-9(13-14-15)11(17)19-3/h7-8H,4-6H2,1-3H3,(H,12,16). The van der Waals surface area contributed by atoms with Crippen molar-refractivity contribution in [3.05, 3.63) is 11.9 Å². The first-order chi connectivity index (χ1) is 9.10. The molecule has 1 aromatic heterocycles. The van der Waals surface area contributed by atoms with E-state index in [-0.39, 0.29) is 11.6 Å². The number of ether oxygens (including phenoxy) is 2. The second-order valence-corrected chi connectivity index (χ2v) is 3.89. The fourth-order valence-electron chi connectivity index (χ4n) is 1.36. The molecule has 0 aliphatic heterocycles. The van der Waals surface area contributed by atoms with Gasteiger partial charge in [0.25, 0.3) is 0 Å². The van der Waals surface area contributed by atoms with Gasteiger partial charge < -0.3 is 14.8 Å². The first-order valence-electron chi connectivity index (χ1n) is 5.87. The molecular weight excluding hydrogens is 252 g/mol. The summed E-state index contributed by atoms with van der Waals surface area (Å²) in [6.45, 7) is 2.78. The summed E-state index contributed by atoms with van der Waals surface area (Å²) in [5.41, 5.74) is 0.0709. The number of methoxy groups -OCH3 is 2.